The molecule has 0 saturated carbocycles. The van der Waals surface area contributed by atoms with Crippen LogP contribution in [-0.4, -0.2) is 63.7 Å². The maximum absolute atomic E-state index is 12.5. The second kappa shape index (κ2) is 7.18. The lowest BCUT2D eigenvalue weighted by molar-refractivity contribution is -0.136. The van der Waals surface area contributed by atoms with Crippen LogP contribution in [0.5, 0.6) is 0 Å². The Balaban J connectivity index is 2.01. The van der Waals surface area contributed by atoms with Gasteiger partial charge in [-0.05, 0) is 45.6 Å². The molecule has 1 heterocycles. The molecule has 1 aliphatic carbocycles. The van der Waals surface area contributed by atoms with E-state index < -0.39 is 0 Å². The lowest BCUT2D eigenvalue weighted by atomic mass is 9.74. The van der Waals surface area contributed by atoms with Crippen molar-refractivity contribution in [2.45, 2.75) is 25.7 Å². The Kier molecular flexibility index (Phi) is 5.51. The fraction of sp³-hybridized carbons (Fsp3) is 0.706. The number of rotatable bonds is 6. The van der Waals surface area contributed by atoms with Gasteiger partial charge in [0.2, 0.25) is 5.91 Å². The lowest BCUT2D eigenvalue weighted by Crippen LogP contribution is -2.44. The lowest BCUT2D eigenvalue weighted by Gasteiger charge is -2.40. The molecule has 22 heavy (non-hydrogen) atoms. The highest BCUT2D eigenvalue weighted by molar-refractivity contribution is 5.78. The molecule has 0 N–H and O–H groups in total. The van der Waals surface area contributed by atoms with Crippen LogP contribution in [0.25, 0.3) is 0 Å². The Morgan fingerprint density at radius 2 is 1.86 bits per heavy atom. The zero-order chi connectivity index (χ0) is 16.2. The van der Waals surface area contributed by atoms with Gasteiger partial charge < -0.3 is 19.3 Å². The Labute approximate surface area is 133 Å². The van der Waals surface area contributed by atoms with Gasteiger partial charge in [-0.25, -0.2) is 0 Å². The first-order valence-electron chi connectivity index (χ1n) is 7.92. The van der Waals surface area contributed by atoms with Crippen molar-refractivity contribution >= 4 is 5.91 Å². The molecule has 124 valence electrons. The smallest absolute Gasteiger partial charge is 0.223 e. The summed E-state index contributed by atoms with van der Waals surface area (Å²) in [5.41, 5.74) is -0.232. The number of methoxy groups -OCH3 is 2. The van der Waals surface area contributed by atoms with Crippen LogP contribution in [-0.2, 0) is 14.3 Å². The first-order chi connectivity index (χ1) is 10.5. The molecule has 1 aliphatic heterocycles. The molecular weight excluding hydrogens is 280 g/mol. The highest BCUT2D eigenvalue weighted by atomic mass is 16.5. The van der Waals surface area contributed by atoms with Gasteiger partial charge >= 0.3 is 0 Å². The standard InChI is InChI=1S/C17H28N2O3/c1-18(2)7-5-8-19-9-6-17(13-16(19)20)11-14(21-3)10-15(12-17)22-4/h11-12H,5-10,13H2,1-4H3. The minimum Gasteiger partial charge on any atom is -0.501 e. The third-order valence-electron chi connectivity index (χ3n) is 4.48. The Hall–Kier alpha value is -1.49. The van der Waals surface area contributed by atoms with Crippen LogP contribution in [0.3, 0.4) is 0 Å². The van der Waals surface area contributed by atoms with Gasteiger partial charge in [0.15, 0.2) is 0 Å². The maximum atomic E-state index is 12.5. The van der Waals surface area contributed by atoms with Crippen molar-refractivity contribution in [3.8, 4) is 0 Å². The van der Waals surface area contributed by atoms with Crippen LogP contribution in [0.2, 0.25) is 0 Å². The topological polar surface area (TPSA) is 42.0 Å². The molecule has 0 bridgehead atoms. The van der Waals surface area contributed by atoms with Crippen LogP contribution in [0.4, 0.5) is 0 Å². The van der Waals surface area contributed by atoms with E-state index in [1.165, 1.54) is 0 Å². The highest BCUT2D eigenvalue weighted by Gasteiger charge is 2.38. The monoisotopic (exact) mass is 308 g/mol. The molecule has 0 unspecified atom stereocenters. The summed E-state index contributed by atoms with van der Waals surface area (Å²) in [4.78, 5) is 16.6. The van der Waals surface area contributed by atoms with E-state index in [1.807, 2.05) is 4.90 Å². The fourth-order valence-corrected chi connectivity index (χ4v) is 3.23. The predicted octanol–water partition coefficient (Wildman–Crippen LogP) is 2.01. The van der Waals surface area contributed by atoms with Crippen molar-refractivity contribution in [3.63, 3.8) is 0 Å². The Bertz CT molecular complexity index is 449. The summed E-state index contributed by atoms with van der Waals surface area (Å²) in [5, 5.41) is 0. The predicted molar refractivity (Wildman–Crippen MR) is 86.2 cm³/mol. The summed E-state index contributed by atoms with van der Waals surface area (Å²) in [7, 11) is 7.47. The average molecular weight is 308 g/mol. The molecule has 0 aromatic heterocycles. The summed E-state index contributed by atoms with van der Waals surface area (Å²) in [6.45, 7) is 2.65. The van der Waals surface area contributed by atoms with Crippen molar-refractivity contribution < 1.29 is 14.3 Å². The van der Waals surface area contributed by atoms with Gasteiger partial charge in [-0.1, -0.05) is 0 Å². The summed E-state index contributed by atoms with van der Waals surface area (Å²) >= 11 is 0. The zero-order valence-electron chi connectivity index (χ0n) is 14.2. The second-order valence-electron chi connectivity index (χ2n) is 6.50. The molecule has 1 fully saturated rings. The van der Waals surface area contributed by atoms with Crippen LogP contribution < -0.4 is 0 Å². The SMILES string of the molecule is COC1=CC2(C=C(OC)C1)CCN(CCCN(C)C)C(=O)C2. The third-order valence-corrected chi connectivity index (χ3v) is 4.48. The molecule has 0 aromatic rings. The van der Waals surface area contributed by atoms with Crippen molar-refractivity contribution in [2.24, 2.45) is 5.41 Å². The molecular formula is C17H28N2O3. The minimum absolute atomic E-state index is 0.227. The van der Waals surface area contributed by atoms with E-state index in [0.717, 1.165) is 44.0 Å². The van der Waals surface area contributed by atoms with E-state index in [1.54, 1.807) is 14.2 Å². The normalized spacial score (nSPS) is 21.0. The van der Waals surface area contributed by atoms with Crippen LogP contribution in [0, 0.1) is 5.41 Å². The summed E-state index contributed by atoms with van der Waals surface area (Å²) in [6, 6.07) is 0. The number of carbonyl (C=O) groups is 1. The number of likely N-dealkylation sites (tertiary alicyclic amines) is 1. The minimum atomic E-state index is -0.232. The Morgan fingerprint density at radius 1 is 1.23 bits per heavy atom. The van der Waals surface area contributed by atoms with Crippen molar-refractivity contribution in [3.05, 3.63) is 23.7 Å². The van der Waals surface area contributed by atoms with Crippen LogP contribution in [0.1, 0.15) is 25.7 Å². The van der Waals surface area contributed by atoms with Gasteiger partial charge in [-0.15, -0.1) is 0 Å². The van der Waals surface area contributed by atoms with E-state index in [2.05, 4.69) is 31.1 Å². The zero-order valence-corrected chi connectivity index (χ0v) is 14.2. The fourth-order valence-electron chi connectivity index (χ4n) is 3.23. The van der Waals surface area contributed by atoms with Crippen LogP contribution >= 0.6 is 0 Å². The van der Waals surface area contributed by atoms with E-state index in [-0.39, 0.29) is 11.3 Å². The molecule has 5 nitrogen and oxygen atoms in total. The molecule has 2 rings (SSSR count). The molecule has 0 aromatic carbocycles. The summed E-state index contributed by atoms with van der Waals surface area (Å²) in [6.07, 6.45) is 7.36. The number of allylic oxidation sites excluding steroid dienone is 2. The first kappa shape index (κ1) is 16.9. The largest absolute Gasteiger partial charge is 0.501 e. The molecule has 1 saturated heterocycles. The first-order valence-corrected chi connectivity index (χ1v) is 7.92. The summed E-state index contributed by atoms with van der Waals surface area (Å²) < 4.78 is 10.8. The second-order valence-corrected chi connectivity index (χ2v) is 6.50. The quantitative estimate of drug-likeness (QED) is 0.753. The van der Waals surface area contributed by atoms with Gasteiger partial charge in [0.1, 0.15) is 0 Å². The van der Waals surface area contributed by atoms with E-state index in [4.69, 9.17) is 9.47 Å². The van der Waals surface area contributed by atoms with Crippen LogP contribution in [0.15, 0.2) is 23.7 Å². The number of piperidine rings is 1. The van der Waals surface area contributed by atoms with Gasteiger partial charge in [-0.3, -0.25) is 4.79 Å². The molecule has 1 spiro atoms. The third kappa shape index (κ3) is 4.03. The van der Waals surface area contributed by atoms with Gasteiger partial charge in [0.05, 0.1) is 32.2 Å². The number of hydrogen-bond acceptors (Lipinski definition) is 4. The number of hydrogen-bond donors (Lipinski definition) is 0. The average Bonchev–Trinajstić information content (AvgIpc) is 2.48. The van der Waals surface area contributed by atoms with Crippen molar-refractivity contribution in [1.29, 1.82) is 0 Å². The maximum Gasteiger partial charge on any atom is 0.223 e. The molecule has 5 heteroatoms. The Morgan fingerprint density at radius 3 is 2.36 bits per heavy atom. The van der Waals surface area contributed by atoms with Crippen molar-refractivity contribution in [2.75, 3.05) is 47.9 Å². The van der Waals surface area contributed by atoms with E-state index in [9.17, 15) is 4.79 Å². The van der Waals surface area contributed by atoms with E-state index >= 15 is 0 Å². The summed E-state index contributed by atoms with van der Waals surface area (Å²) in [5.74, 6) is 2.02. The molecule has 1 amide bonds. The highest BCUT2D eigenvalue weighted by Crippen LogP contribution is 2.41. The number of nitrogens with zero attached hydrogens (tertiary/aromatic N) is 2. The number of amides is 1. The molecule has 2 aliphatic rings. The van der Waals surface area contributed by atoms with Gasteiger partial charge in [0.25, 0.3) is 0 Å². The van der Waals surface area contributed by atoms with Gasteiger partial charge in [-0.2, -0.15) is 0 Å². The molecule has 0 radical (unpaired) electrons. The number of carbonyl (C=O) groups excluding carboxylic acids is 1. The molecule has 0 atom stereocenters. The van der Waals surface area contributed by atoms with Crippen molar-refractivity contribution in [1.82, 2.24) is 9.80 Å². The van der Waals surface area contributed by atoms with E-state index in [0.29, 0.717) is 12.8 Å². The number of ether oxygens (including phenoxy) is 2. The van der Waals surface area contributed by atoms with Gasteiger partial charge in [0, 0.05) is 24.9 Å².